The molecule has 1 saturated heterocycles. The van der Waals surface area contributed by atoms with Crippen molar-refractivity contribution in [1.82, 2.24) is 9.78 Å². The first-order valence-corrected chi connectivity index (χ1v) is 6.07. The molecule has 2 atom stereocenters. The summed E-state index contributed by atoms with van der Waals surface area (Å²) < 4.78 is 7.42. The van der Waals surface area contributed by atoms with E-state index >= 15 is 0 Å². The van der Waals surface area contributed by atoms with Crippen LogP contribution < -0.4 is 5.73 Å². The molecule has 1 aromatic rings. The monoisotopic (exact) mass is 223 g/mol. The van der Waals surface area contributed by atoms with Crippen LogP contribution in [0, 0.1) is 12.8 Å². The number of aromatic nitrogens is 2. The standard InChI is InChI=1S/C12H21N3O/c1-3-15-11(6-9(2)14-15)7-12(13)10-4-5-16-8-10/h6,10,12H,3-5,7-8,13H2,1-2H3. The van der Waals surface area contributed by atoms with E-state index < -0.39 is 0 Å². The van der Waals surface area contributed by atoms with Crippen molar-refractivity contribution in [3.8, 4) is 0 Å². The van der Waals surface area contributed by atoms with Crippen molar-refractivity contribution in [2.24, 2.45) is 11.7 Å². The topological polar surface area (TPSA) is 53.1 Å². The van der Waals surface area contributed by atoms with Crippen LogP contribution in [0.15, 0.2) is 6.07 Å². The number of nitrogens with zero attached hydrogens (tertiary/aromatic N) is 2. The Kier molecular flexibility index (Phi) is 3.61. The van der Waals surface area contributed by atoms with Gasteiger partial charge >= 0.3 is 0 Å². The molecule has 0 saturated carbocycles. The van der Waals surface area contributed by atoms with Crippen LogP contribution in [-0.2, 0) is 17.7 Å². The summed E-state index contributed by atoms with van der Waals surface area (Å²) in [4.78, 5) is 0. The fraction of sp³-hybridized carbons (Fsp3) is 0.750. The van der Waals surface area contributed by atoms with E-state index in [0.29, 0.717) is 5.92 Å². The summed E-state index contributed by atoms with van der Waals surface area (Å²) in [6, 6.07) is 2.34. The van der Waals surface area contributed by atoms with E-state index in [9.17, 15) is 0 Å². The van der Waals surface area contributed by atoms with E-state index in [1.165, 1.54) is 5.69 Å². The molecule has 0 radical (unpaired) electrons. The third-order valence-electron chi connectivity index (χ3n) is 3.30. The second-order valence-electron chi connectivity index (χ2n) is 4.58. The number of aryl methyl sites for hydroxylation is 2. The van der Waals surface area contributed by atoms with E-state index in [1.54, 1.807) is 0 Å². The Bertz CT molecular complexity index is 342. The van der Waals surface area contributed by atoms with Crippen molar-refractivity contribution in [2.75, 3.05) is 13.2 Å². The lowest BCUT2D eigenvalue weighted by Gasteiger charge is -2.17. The van der Waals surface area contributed by atoms with Gasteiger partial charge in [0.15, 0.2) is 0 Å². The van der Waals surface area contributed by atoms with Gasteiger partial charge in [0, 0.05) is 31.3 Å². The average molecular weight is 223 g/mol. The minimum absolute atomic E-state index is 0.198. The van der Waals surface area contributed by atoms with Gasteiger partial charge in [0.25, 0.3) is 0 Å². The van der Waals surface area contributed by atoms with Crippen LogP contribution in [0.3, 0.4) is 0 Å². The molecule has 2 heterocycles. The Balaban J connectivity index is 2.01. The van der Waals surface area contributed by atoms with Gasteiger partial charge < -0.3 is 10.5 Å². The van der Waals surface area contributed by atoms with Gasteiger partial charge in [0.1, 0.15) is 0 Å². The summed E-state index contributed by atoms with van der Waals surface area (Å²) in [5, 5.41) is 4.44. The zero-order valence-electron chi connectivity index (χ0n) is 10.1. The van der Waals surface area contributed by atoms with E-state index in [-0.39, 0.29) is 6.04 Å². The van der Waals surface area contributed by atoms with Crippen LogP contribution in [0.4, 0.5) is 0 Å². The highest BCUT2D eigenvalue weighted by molar-refractivity contribution is 5.10. The Morgan fingerprint density at radius 1 is 1.69 bits per heavy atom. The van der Waals surface area contributed by atoms with Gasteiger partial charge in [-0.1, -0.05) is 0 Å². The van der Waals surface area contributed by atoms with Gasteiger partial charge in [-0.15, -0.1) is 0 Å². The highest BCUT2D eigenvalue weighted by Gasteiger charge is 2.23. The second-order valence-corrected chi connectivity index (χ2v) is 4.58. The number of ether oxygens (including phenoxy) is 1. The Morgan fingerprint density at radius 3 is 3.12 bits per heavy atom. The van der Waals surface area contributed by atoms with Crippen molar-refractivity contribution in [2.45, 2.75) is 39.3 Å². The maximum atomic E-state index is 6.22. The van der Waals surface area contributed by atoms with E-state index in [0.717, 1.165) is 38.3 Å². The van der Waals surface area contributed by atoms with Crippen LogP contribution in [0.25, 0.3) is 0 Å². The van der Waals surface area contributed by atoms with Gasteiger partial charge in [-0.3, -0.25) is 4.68 Å². The number of hydrogen-bond acceptors (Lipinski definition) is 3. The molecule has 2 unspecified atom stereocenters. The molecule has 1 aliphatic rings. The quantitative estimate of drug-likeness (QED) is 0.832. The molecule has 1 aliphatic heterocycles. The van der Waals surface area contributed by atoms with Crippen molar-refractivity contribution >= 4 is 0 Å². The van der Waals surface area contributed by atoms with Gasteiger partial charge in [-0.2, -0.15) is 5.10 Å². The van der Waals surface area contributed by atoms with Gasteiger partial charge in [-0.05, 0) is 32.3 Å². The first-order chi connectivity index (χ1) is 7.70. The molecule has 2 rings (SSSR count). The summed E-state index contributed by atoms with van der Waals surface area (Å²) >= 11 is 0. The van der Waals surface area contributed by atoms with Crippen LogP contribution in [-0.4, -0.2) is 29.0 Å². The molecule has 0 aliphatic carbocycles. The molecular formula is C12H21N3O. The minimum atomic E-state index is 0.198. The Morgan fingerprint density at radius 2 is 2.50 bits per heavy atom. The second kappa shape index (κ2) is 4.97. The number of rotatable bonds is 4. The maximum absolute atomic E-state index is 6.22. The molecule has 1 fully saturated rings. The molecular weight excluding hydrogens is 202 g/mol. The van der Waals surface area contributed by atoms with E-state index in [4.69, 9.17) is 10.5 Å². The highest BCUT2D eigenvalue weighted by atomic mass is 16.5. The lowest BCUT2D eigenvalue weighted by molar-refractivity contribution is 0.180. The first-order valence-electron chi connectivity index (χ1n) is 6.07. The van der Waals surface area contributed by atoms with Crippen LogP contribution >= 0.6 is 0 Å². The van der Waals surface area contributed by atoms with Gasteiger partial charge in [0.2, 0.25) is 0 Å². The predicted molar refractivity (Wildman–Crippen MR) is 63.2 cm³/mol. The zero-order valence-corrected chi connectivity index (χ0v) is 10.1. The lowest BCUT2D eigenvalue weighted by Crippen LogP contribution is -2.33. The highest BCUT2D eigenvalue weighted by Crippen LogP contribution is 2.18. The van der Waals surface area contributed by atoms with Gasteiger partial charge in [0.05, 0.1) is 12.3 Å². The summed E-state index contributed by atoms with van der Waals surface area (Å²) in [5.74, 6) is 0.514. The normalized spacial score (nSPS) is 22.6. The fourth-order valence-corrected chi connectivity index (χ4v) is 2.34. The lowest BCUT2D eigenvalue weighted by atomic mass is 9.96. The van der Waals surface area contributed by atoms with Crippen molar-refractivity contribution in [3.63, 3.8) is 0 Å². The van der Waals surface area contributed by atoms with Crippen LogP contribution in [0.2, 0.25) is 0 Å². The van der Waals surface area contributed by atoms with Crippen molar-refractivity contribution in [1.29, 1.82) is 0 Å². The molecule has 2 N–H and O–H groups in total. The molecule has 16 heavy (non-hydrogen) atoms. The average Bonchev–Trinajstić information content (AvgIpc) is 2.87. The third kappa shape index (κ3) is 2.44. The smallest absolute Gasteiger partial charge is 0.0596 e. The van der Waals surface area contributed by atoms with Crippen molar-refractivity contribution < 1.29 is 4.74 Å². The largest absolute Gasteiger partial charge is 0.381 e. The molecule has 0 spiro atoms. The molecule has 0 bridgehead atoms. The molecule has 4 heteroatoms. The summed E-state index contributed by atoms with van der Waals surface area (Å²) in [6.07, 6.45) is 2.00. The van der Waals surface area contributed by atoms with E-state index in [2.05, 4.69) is 18.1 Å². The number of nitrogens with two attached hydrogens (primary N) is 1. The predicted octanol–water partition coefficient (Wildman–Crippen LogP) is 1.12. The summed E-state index contributed by atoms with van der Waals surface area (Å²) in [5.41, 5.74) is 8.55. The zero-order chi connectivity index (χ0) is 11.5. The summed E-state index contributed by atoms with van der Waals surface area (Å²) in [6.45, 7) is 6.74. The van der Waals surface area contributed by atoms with E-state index in [1.807, 2.05) is 11.6 Å². The molecule has 4 nitrogen and oxygen atoms in total. The fourth-order valence-electron chi connectivity index (χ4n) is 2.34. The SMILES string of the molecule is CCn1nc(C)cc1CC(N)C1CCOC1. The number of hydrogen-bond donors (Lipinski definition) is 1. The van der Waals surface area contributed by atoms with Crippen LogP contribution in [0.5, 0.6) is 0 Å². The minimum Gasteiger partial charge on any atom is -0.381 e. The first kappa shape index (κ1) is 11.6. The third-order valence-corrected chi connectivity index (χ3v) is 3.30. The molecule has 0 amide bonds. The van der Waals surface area contributed by atoms with Crippen molar-refractivity contribution in [3.05, 3.63) is 17.5 Å². The Hall–Kier alpha value is -0.870. The summed E-state index contributed by atoms with van der Waals surface area (Å²) in [7, 11) is 0. The molecule has 1 aromatic heterocycles. The Labute approximate surface area is 96.8 Å². The molecule has 90 valence electrons. The van der Waals surface area contributed by atoms with Crippen LogP contribution in [0.1, 0.15) is 24.7 Å². The van der Waals surface area contributed by atoms with Gasteiger partial charge in [-0.25, -0.2) is 0 Å². The molecule has 0 aromatic carbocycles. The maximum Gasteiger partial charge on any atom is 0.0596 e.